The highest BCUT2D eigenvalue weighted by Crippen LogP contribution is 2.29. The highest BCUT2D eigenvalue weighted by atomic mass is 16.6. The van der Waals surface area contributed by atoms with E-state index in [4.69, 9.17) is 9.47 Å². The van der Waals surface area contributed by atoms with E-state index in [1.165, 1.54) is 11.1 Å². The van der Waals surface area contributed by atoms with Crippen molar-refractivity contribution < 1.29 is 24.2 Å². The summed E-state index contributed by atoms with van der Waals surface area (Å²) < 4.78 is 12.2. The molecule has 1 N–H and O–H groups in total. The number of ether oxygens (including phenoxy) is 2. The van der Waals surface area contributed by atoms with E-state index in [9.17, 15) is 14.7 Å². The number of methoxy groups -OCH3 is 1. The van der Waals surface area contributed by atoms with Gasteiger partial charge in [-0.2, -0.15) is 0 Å². The zero-order valence-corrected chi connectivity index (χ0v) is 18.6. The van der Waals surface area contributed by atoms with Gasteiger partial charge in [0.2, 0.25) is 0 Å². The fourth-order valence-corrected chi connectivity index (χ4v) is 3.41. The van der Waals surface area contributed by atoms with Crippen molar-refractivity contribution in [1.29, 1.82) is 0 Å². The Morgan fingerprint density at radius 2 is 1.90 bits per heavy atom. The molecule has 0 aliphatic heterocycles. The number of benzene rings is 1. The van der Waals surface area contributed by atoms with Crippen LogP contribution in [-0.2, 0) is 11.3 Å². The van der Waals surface area contributed by atoms with E-state index in [0.717, 1.165) is 21.1 Å². The average Bonchev–Trinajstić information content (AvgIpc) is 3.10. The molecule has 164 valence electrons. The van der Waals surface area contributed by atoms with Gasteiger partial charge in [-0.3, -0.25) is 14.5 Å². The second-order valence-corrected chi connectivity index (χ2v) is 8.32. The van der Waals surface area contributed by atoms with Gasteiger partial charge in [0.25, 0.3) is 0 Å². The second-order valence-electron chi connectivity index (χ2n) is 8.32. The molecule has 1 aromatic carbocycles. The van der Waals surface area contributed by atoms with E-state index in [0.29, 0.717) is 22.6 Å². The van der Waals surface area contributed by atoms with Gasteiger partial charge in [-0.05, 0) is 52.8 Å². The summed E-state index contributed by atoms with van der Waals surface area (Å²) >= 11 is 0. The maximum Gasteiger partial charge on any atom is 0.416 e. The number of anilines is 1. The Bertz CT molecular complexity index is 1140. The van der Waals surface area contributed by atoms with Crippen LogP contribution in [-0.4, -0.2) is 39.6 Å². The van der Waals surface area contributed by atoms with E-state index < -0.39 is 17.8 Å². The predicted molar refractivity (Wildman–Crippen MR) is 118 cm³/mol. The zero-order chi connectivity index (χ0) is 22.9. The topological polar surface area (TPSA) is 93.9 Å². The molecule has 0 saturated heterocycles. The van der Waals surface area contributed by atoms with Crippen molar-refractivity contribution in [3.05, 3.63) is 53.5 Å². The molecule has 0 fully saturated rings. The number of pyridine rings is 1. The lowest BCUT2D eigenvalue weighted by molar-refractivity contribution is 0.0577. The molecule has 2 aromatic heterocycles. The van der Waals surface area contributed by atoms with Gasteiger partial charge >= 0.3 is 12.2 Å². The third-order valence-electron chi connectivity index (χ3n) is 4.87. The summed E-state index contributed by atoms with van der Waals surface area (Å²) in [5.74, 6) is 0.712. The molecule has 0 atom stereocenters. The first kappa shape index (κ1) is 22.1. The van der Waals surface area contributed by atoms with Crippen LogP contribution in [0.15, 0.2) is 36.7 Å². The summed E-state index contributed by atoms with van der Waals surface area (Å²) in [6.45, 7) is 9.31. The van der Waals surface area contributed by atoms with Gasteiger partial charge in [0.1, 0.15) is 11.4 Å². The highest BCUT2D eigenvalue weighted by molar-refractivity contribution is 5.95. The van der Waals surface area contributed by atoms with Gasteiger partial charge in [0.05, 0.1) is 24.9 Å². The quantitative estimate of drug-likeness (QED) is 0.623. The minimum Gasteiger partial charge on any atom is -0.496 e. The van der Waals surface area contributed by atoms with Crippen molar-refractivity contribution in [3.8, 4) is 5.75 Å². The Hall–Kier alpha value is -3.55. The van der Waals surface area contributed by atoms with Crippen LogP contribution < -0.4 is 9.64 Å². The third kappa shape index (κ3) is 4.63. The molecule has 31 heavy (non-hydrogen) atoms. The number of carbonyl (C=O) groups excluding carboxylic acids is 1. The van der Waals surface area contributed by atoms with Crippen molar-refractivity contribution in [2.24, 2.45) is 0 Å². The number of amides is 1. The lowest BCUT2D eigenvalue weighted by Crippen LogP contribution is -2.37. The number of fused-ring (bicyclic) bond motifs is 1. The molecule has 0 saturated carbocycles. The lowest BCUT2D eigenvalue weighted by atomic mass is 10.1. The van der Waals surface area contributed by atoms with Gasteiger partial charge < -0.3 is 14.6 Å². The van der Waals surface area contributed by atoms with Gasteiger partial charge in [-0.1, -0.05) is 6.07 Å². The van der Waals surface area contributed by atoms with Crippen LogP contribution in [0.25, 0.3) is 10.9 Å². The maximum atomic E-state index is 13.1. The SMILES string of the molecule is COc1c(C)cnc(CN(C(=O)OC(C)(C)C)c2ccc3ccn(C(=O)O)c3c2)c1C. The zero-order valence-electron chi connectivity index (χ0n) is 18.6. The molecule has 2 heterocycles. The number of aryl methyl sites for hydroxylation is 1. The summed E-state index contributed by atoms with van der Waals surface area (Å²) in [5, 5.41) is 10.2. The number of aromatic nitrogens is 2. The lowest BCUT2D eigenvalue weighted by Gasteiger charge is -2.28. The van der Waals surface area contributed by atoms with Crippen LogP contribution in [0.5, 0.6) is 5.75 Å². The van der Waals surface area contributed by atoms with Crippen molar-refractivity contribution in [2.45, 2.75) is 46.8 Å². The molecule has 0 aliphatic carbocycles. The van der Waals surface area contributed by atoms with Crippen molar-refractivity contribution in [3.63, 3.8) is 0 Å². The molecule has 1 amide bonds. The monoisotopic (exact) mass is 425 g/mol. The van der Waals surface area contributed by atoms with E-state index >= 15 is 0 Å². The van der Waals surface area contributed by atoms with Crippen LogP contribution in [0, 0.1) is 13.8 Å². The largest absolute Gasteiger partial charge is 0.496 e. The van der Waals surface area contributed by atoms with Crippen molar-refractivity contribution in [2.75, 3.05) is 12.0 Å². The molecule has 3 aromatic rings. The van der Waals surface area contributed by atoms with Crippen molar-refractivity contribution >= 4 is 28.8 Å². The molecular formula is C23H27N3O5. The molecule has 0 radical (unpaired) electrons. The van der Waals surface area contributed by atoms with E-state index in [-0.39, 0.29) is 6.54 Å². The molecule has 0 aliphatic rings. The van der Waals surface area contributed by atoms with Crippen LogP contribution in [0.3, 0.4) is 0 Å². The summed E-state index contributed by atoms with van der Waals surface area (Å²) in [7, 11) is 1.60. The Balaban J connectivity index is 2.09. The molecule has 0 spiro atoms. The Labute approximate surface area is 181 Å². The van der Waals surface area contributed by atoms with E-state index in [1.807, 2.05) is 13.8 Å². The Morgan fingerprint density at radius 1 is 1.19 bits per heavy atom. The standard InChI is InChI=1S/C23H27N3O5/c1-14-12-24-18(15(2)20(14)30-6)13-26(22(29)31-23(3,4)5)17-8-7-16-9-10-25(21(27)28)19(16)11-17/h7-12H,13H2,1-6H3,(H,27,28). The van der Waals surface area contributed by atoms with Gasteiger partial charge in [-0.15, -0.1) is 0 Å². The first-order chi connectivity index (χ1) is 14.5. The van der Waals surface area contributed by atoms with E-state index in [1.54, 1.807) is 58.3 Å². The minimum atomic E-state index is -1.10. The van der Waals surface area contributed by atoms with Gasteiger partial charge in [0, 0.05) is 34.6 Å². The number of carboxylic acid groups (broad SMARTS) is 1. The molecule has 0 unspecified atom stereocenters. The summed E-state index contributed by atoms with van der Waals surface area (Å²) in [6.07, 6.45) is 1.52. The van der Waals surface area contributed by atoms with Crippen LogP contribution in [0.1, 0.15) is 37.6 Å². The first-order valence-corrected chi connectivity index (χ1v) is 9.86. The number of hydrogen-bond acceptors (Lipinski definition) is 5. The summed E-state index contributed by atoms with van der Waals surface area (Å²) in [4.78, 5) is 30.6. The smallest absolute Gasteiger partial charge is 0.416 e. The van der Waals surface area contributed by atoms with Crippen LogP contribution in [0.2, 0.25) is 0 Å². The predicted octanol–water partition coefficient (Wildman–Crippen LogP) is 5.13. The number of hydrogen-bond donors (Lipinski definition) is 1. The van der Waals surface area contributed by atoms with E-state index in [2.05, 4.69) is 4.98 Å². The maximum absolute atomic E-state index is 13.1. The Kier molecular flexibility index (Phi) is 5.92. The second kappa shape index (κ2) is 8.29. The third-order valence-corrected chi connectivity index (χ3v) is 4.87. The summed E-state index contributed by atoms with van der Waals surface area (Å²) in [5.41, 5.74) is 2.66. The fourth-order valence-electron chi connectivity index (χ4n) is 3.41. The van der Waals surface area contributed by atoms with Crippen molar-refractivity contribution in [1.82, 2.24) is 9.55 Å². The van der Waals surface area contributed by atoms with Crippen LogP contribution >= 0.6 is 0 Å². The van der Waals surface area contributed by atoms with Crippen LogP contribution in [0.4, 0.5) is 15.3 Å². The molecule has 0 bridgehead atoms. The molecule has 3 rings (SSSR count). The highest BCUT2D eigenvalue weighted by Gasteiger charge is 2.26. The minimum absolute atomic E-state index is 0.136. The molecule has 8 heteroatoms. The first-order valence-electron chi connectivity index (χ1n) is 9.86. The average molecular weight is 425 g/mol. The molecule has 8 nitrogen and oxygen atoms in total. The number of rotatable bonds is 4. The molecular weight excluding hydrogens is 398 g/mol. The number of nitrogens with zero attached hydrogens (tertiary/aromatic N) is 3. The Morgan fingerprint density at radius 3 is 2.52 bits per heavy atom. The fraction of sp³-hybridized carbons (Fsp3) is 0.348. The summed E-state index contributed by atoms with van der Waals surface area (Å²) in [6, 6.07) is 6.91. The number of carbonyl (C=O) groups is 2. The van der Waals surface area contributed by atoms with Gasteiger partial charge in [-0.25, -0.2) is 9.59 Å². The van der Waals surface area contributed by atoms with Gasteiger partial charge in [0.15, 0.2) is 0 Å². The normalized spacial score (nSPS) is 11.4.